The lowest BCUT2D eigenvalue weighted by Gasteiger charge is -2.42. The number of nitrogens with two attached hydrogens (primary N) is 1. The van der Waals surface area contributed by atoms with Gasteiger partial charge in [-0.25, -0.2) is 4.98 Å². The van der Waals surface area contributed by atoms with Crippen molar-refractivity contribution in [3.8, 4) is 5.75 Å². The van der Waals surface area contributed by atoms with Gasteiger partial charge in [-0.15, -0.1) is 0 Å². The van der Waals surface area contributed by atoms with Gasteiger partial charge in [-0.05, 0) is 51.0 Å². The normalized spacial score (nSPS) is 23.5. The van der Waals surface area contributed by atoms with E-state index in [0.717, 1.165) is 25.9 Å². The molecule has 3 heterocycles. The van der Waals surface area contributed by atoms with Gasteiger partial charge in [0.1, 0.15) is 5.82 Å². The van der Waals surface area contributed by atoms with Crippen LogP contribution < -0.4 is 15.4 Å². The van der Waals surface area contributed by atoms with E-state index < -0.39 is 6.10 Å². The molecule has 1 saturated heterocycles. The molecule has 1 aromatic heterocycles. The first-order valence-electron chi connectivity index (χ1n) is 7.92. The highest BCUT2D eigenvalue weighted by molar-refractivity contribution is 5.99. The SMILES string of the molecule is CC(C)C1Oc2ccc(N)nc2N(C2CCN(C)CC2)C1=O. The van der Waals surface area contributed by atoms with E-state index in [4.69, 9.17) is 10.5 Å². The maximum absolute atomic E-state index is 12.9. The van der Waals surface area contributed by atoms with Crippen molar-refractivity contribution in [1.82, 2.24) is 9.88 Å². The molecule has 2 aliphatic rings. The summed E-state index contributed by atoms with van der Waals surface area (Å²) in [5.41, 5.74) is 5.82. The average molecular weight is 304 g/mol. The van der Waals surface area contributed by atoms with Crippen LogP contribution in [0.15, 0.2) is 12.1 Å². The molecule has 6 heteroatoms. The number of aromatic nitrogens is 1. The van der Waals surface area contributed by atoms with Crippen LogP contribution in [0.1, 0.15) is 26.7 Å². The molecule has 0 aliphatic carbocycles. The van der Waals surface area contributed by atoms with Gasteiger partial charge in [-0.2, -0.15) is 0 Å². The number of ether oxygens (including phenoxy) is 1. The van der Waals surface area contributed by atoms with Crippen LogP contribution in [0, 0.1) is 5.92 Å². The number of likely N-dealkylation sites (tertiary alicyclic amines) is 1. The third-order valence-electron chi connectivity index (χ3n) is 4.48. The van der Waals surface area contributed by atoms with Gasteiger partial charge in [0.15, 0.2) is 17.7 Å². The first-order valence-corrected chi connectivity index (χ1v) is 7.92. The van der Waals surface area contributed by atoms with Crippen LogP contribution in [0.2, 0.25) is 0 Å². The van der Waals surface area contributed by atoms with E-state index in [0.29, 0.717) is 17.4 Å². The molecule has 1 atom stereocenters. The summed E-state index contributed by atoms with van der Waals surface area (Å²) >= 11 is 0. The monoisotopic (exact) mass is 304 g/mol. The Labute approximate surface area is 131 Å². The summed E-state index contributed by atoms with van der Waals surface area (Å²) < 4.78 is 5.88. The number of fused-ring (bicyclic) bond motifs is 1. The van der Waals surface area contributed by atoms with Gasteiger partial charge in [0.05, 0.1) is 0 Å². The molecule has 120 valence electrons. The Balaban J connectivity index is 1.98. The second-order valence-corrected chi connectivity index (χ2v) is 6.58. The Morgan fingerprint density at radius 1 is 1.32 bits per heavy atom. The van der Waals surface area contributed by atoms with Crippen molar-refractivity contribution in [1.29, 1.82) is 0 Å². The van der Waals surface area contributed by atoms with Crippen molar-refractivity contribution in [2.45, 2.75) is 38.8 Å². The zero-order valence-corrected chi connectivity index (χ0v) is 13.5. The lowest BCUT2D eigenvalue weighted by atomic mass is 9.98. The van der Waals surface area contributed by atoms with Gasteiger partial charge in [0.25, 0.3) is 5.91 Å². The van der Waals surface area contributed by atoms with Crippen molar-refractivity contribution in [3.05, 3.63) is 12.1 Å². The number of anilines is 2. The van der Waals surface area contributed by atoms with Gasteiger partial charge in [0.2, 0.25) is 0 Å². The van der Waals surface area contributed by atoms with Crippen LogP contribution in [-0.4, -0.2) is 48.1 Å². The summed E-state index contributed by atoms with van der Waals surface area (Å²) in [5, 5.41) is 0. The maximum Gasteiger partial charge on any atom is 0.269 e. The molecule has 0 spiro atoms. The molecule has 0 aromatic carbocycles. The minimum atomic E-state index is -0.447. The Kier molecular flexibility index (Phi) is 3.95. The van der Waals surface area contributed by atoms with Gasteiger partial charge < -0.3 is 15.4 Å². The van der Waals surface area contributed by atoms with Crippen molar-refractivity contribution in [3.63, 3.8) is 0 Å². The van der Waals surface area contributed by atoms with E-state index in [1.165, 1.54) is 0 Å². The second kappa shape index (κ2) is 5.76. The van der Waals surface area contributed by atoms with E-state index in [1.807, 2.05) is 24.8 Å². The standard InChI is InChI=1S/C16H24N4O2/c1-10(2)14-16(21)20(11-6-8-19(3)9-7-11)15-12(22-14)4-5-13(17)18-15/h4-5,10-11,14H,6-9H2,1-3H3,(H2,17,18). The van der Waals surface area contributed by atoms with E-state index in [-0.39, 0.29) is 17.9 Å². The van der Waals surface area contributed by atoms with Gasteiger partial charge in [-0.3, -0.25) is 9.69 Å². The molecule has 2 aliphatic heterocycles. The number of pyridine rings is 1. The maximum atomic E-state index is 12.9. The molecule has 2 N–H and O–H groups in total. The fourth-order valence-electron chi connectivity index (χ4n) is 3.17. The predicted molar refractivity (Wildman–Crippen MR) is 85.9 cm³/mol. The van der Waals surface area contributed by atoms with Crippen LogP contribution >= 0.6 is 0 Å². The zero-order valence-electron chi connectivity index (χ0n) is 13.5. The molecule has 3 rings (SSSR count). The minimum Gasteiger partial charge on any atom is -0.476 e. The van der Waals surface area contributed by atoms with Crippen molar-refractivity contribution < 1.29 is 9.53 Å². The highest BCUT2D eigenvalue weighted by atomic mass is 16.5. The molecule has 1 fully saturated rings. The number of nitrogens with zero attached hydrogens (tertiary/aromatic N) is 3. The Bertz CT molecular complexity index is 567. The quantitative estimate of drug-likeness (QED) is 0.896. The zero-order chi connectivity index (χ0) is 15.9. The minimum absolute atomic E-state index is 0.00940. The van der Waals surface area contributed by atoms with Gasteiger partial charge in [-0.1, -0.05) is 13.8 Å². The van der Waals surface area contributed by atoms with E-state index in [9.17, 15) is 4.79 Å². The third-order valence-corrected chi connectivity index (χ3v) is 4.48. The van der Waals surface area contributed by atoms with E-state index in [2.05, 4.69) is 16.9 Å². The first kappa shape index (κ1) is 15.1. The molecule has 22 heavy (non-hydrogen) atoms. The fourth-order valence-corrected chi connectivity index (χ4v) is 3.17. The molecule has 0 saturated carbocycles. The van der Waals surface area contributed by atoms with Crippen molar-refractivity contribution in [2.75, 3.05) is 30.8 Å². The molecule has 0 radical (unpaired) electrons. The number of hydrogen-bond donors (Lipinski definition) is 1. The lowest BCUT2D eigenvalue weighted by molar-refractivity contribution is -0.129. The van der Waals surface area contributed by atoms with Crippen LogP contribution in [0.25, 0.3) is 0 Å². The number of amides is 1. The molecule has 1 unspecified atom stereocenters. The lowest BCUT2D eigenvalue weighted by Crippen LogP contribution is -2.55. The molecule has 6 nitrogen and oxygen atoms in total. The smallest absolute Gasteiger partial charge is 0.269 e. The summed E-state index contributed by atoms with van der Waals surface area (Å²) in [6.45, 7) is 5.98. The van der Waals surface area contributed by atoms with E-state index in [1.54, 1.807) is 6.07 Å². The van der Waals surface area contributed by atoms with E-state index >= 15 is 0 Å². The number of carbonyl (C=O) groups excluding carboxylic acids is 1. The predicted octanol–water partition coefficient (Wildman–Crippen LogP) is 1.51. The van der Waals surface area contributed by atoms with Crippen LogP contribution in [0.3, 0.4) is 0 Å². The summed E-state index contributed by atoms with van der Waals surface area (Å²) in [6, 6.07) is 3.71. The average Bonchev–Trinajstić information content (AvgIpc) is 2.48. The summed E-state index contributed by atoms with van der Waals surface area (Å²) in [7, 11) is 2.11. The number of hydrogen-bond acceptors (Lipinski definition) is 5. The molecule has 1 aromatic rings. The Morgan fingerprint density at radius 2 is 2.00 bits per heavy atom. The third kappa shape index (κ3) is 2.63. The highest BCUT2D eigenvalue weighted by Crippen LogP contribution is 2.37. The Morgan fingerprint density at radius 3 is 2.64 bits per heavy atom. The molecule has 0 bridgehead atoms. The summed E-state index contributed by atoms with van der Waals surface area (Å²) in [6.07, 6.45) is 1.45. The highest BCUT2D eigenvalue weighted by Gasteiger charge is 2.41. The molecular formula is C16H24N4O2. The molecular weight excluding hydrogens is 280 g/mol. The topological polar surface area (TPSA) is 71.7 Å². The van der Waals surface area contributed by atoms with Crippen LogP contribution in [0.5, 0.6) is 5.75 Å². The fraction of sp³-hybridized carbons (Fsp3) is 0.625. The summed E-state index contributed by atoms with van der Waals surface area (Å²) in [5.74, 6) is 1.78. The Hall–Kier alpha value is -1.82. The van der Waals surface area contributed by atoms with Crippen LogP contribution in [-0.2, 0) is 4.79 Å². The number of piperidine rings is 1. The second-order valence-electron chi connectivity index (χ2n) is 6.58. The number of nitrogen functional groups attached to an aromatic ring is 1. The largest absolute Gasteiger partial charge is 0.476 e. The van der Waals surface area contributed by atoms with Crippen molar-refractivity contribution in [2.24, 2.45) is 5.92 Å². The van der Waals surface area contributed by atoms with Gasteiger partial charge in [0, 0.05) is 6.04 Å². The van der Waals surface area contributed by atoms with Crippen LogP contribution in [0.4, 0.5) is 11.6 Å². The molecule has 1 amide bonds. The van der Waals surface area contributed by atoms with Crippen molar-refractivity contribution >= 4 is 17.5 Å². The first-order chi connectivity index (χ1) is 10.5. The number of rotatable bonds is 2. The number of carbonyl (C=O) groups is 1. The van der Waals surface area contributed by atoms with Gasteiger partial charge >= 0.3 is 0 Å². The summed E-state index contributed by atoms with van der Waals surface area (Å²) in [4.78, 5) is 21.4.